The standard InChI is InChI=1S/C27H54N2O8Si3/c1-17(2)39(33,18(3)4)37-40(19(5)6,20(7)8)36-23-21(16-30)34-25(29-15-14-22(31)28-26(29)32)24(23)35-38(12,13)27(9,10)11/h14-15,17-21,23-25,30,33H,16H2,1-13H3,(H,28,31,32)/t21-,23-,24-,25-/m1/s1. The topological polar surface area (TPSA) is 132 Å². The van der Waals surface area contributed by atoms with E-state index in [4.69, 9.17) is 17.7 Å². The summed E-state index contributed by atoms with van der Waals surface area (Å²) in [5.41, 5.74) is -1.38. The van der Waals surface area contributed by atoms with Crippen molar-refractivity contribution in [2.45, 2.75) is 141 Å². The third kappa shape index (κ3) is 7.00. The third-order valence-corrected chi connectivity index (χ3v) is 23.0. The number of rotatable bonds is 12. The Morgan fingerprint density at radius 3 is 1.88 bits per heavy atom. The third-order valence-electron chi connectivity index (χ3n) is 8.73. The van der Waals surface area contributed by atoms with Crippen LogP contribution in [-0.4, -0.2) is 69.8 Å². The highest BCUT2D eigenvalue weighted by Crippen LogP contribution is 2.47. The number of aromatic nitrogens is 2. The van der Waals surface area contributed by atoms with Gasteiger partial charge in [-0.15, -0.1) is 0 Å². The lowest BCUT2D eigenvalue weighted by Gasteiger charge is -2.48. The molecule has 2 heterocycles. The van der Waals surface area contributed by atoms with Crippen molar-refractivity contribution in [3.05, 3.63) is 33.1 Å². The molecule has 2 rings (SSSR count). The summed E-state index contributed by atoms with van der Waals surface area (Å²) in [4.78, 5) is 39.0. The molecule has 0 saturated carbocycles. The monoisotopic (exact) mass is 618 g/mol. The van der Waals surface area contributed by atoms with Gasteiger partial charge >= 0.3 is 22.8 Å². The highest BCUT2D eigenvalue weighted by molar-refractivity contribution is 6.83. The summed E-state index contributed by atoms with van der Waals surface area (Å²) in [7, 11) is -8.96. The van der Waals surface area contributed by atoms with Crippen molar-refractivity contribution in [2.75, 3.05) is 6.61 Å². The quantitative estimate of drug-likeness (QED) is 0.286. The smallest absolute Gasteiger partial charge is 0.335 e. The van der Waals surface area contributed by atoms with Gasteiger partial charge in [-0.25, -0.2) is 4.79 Å². The van der Waals surface area contributed by atoms with Gasteiger partial charge in [-0.2, -0.15) is 0 Å². The number of H-pyrrole nitrogens is 1. The molecule has 1 fully saturated rings. The van der Waals surface area contributed by atoms with Crippen LogP contribution in [0.4, 0.5) is 0 Å². The largest absolute Gasteiger partial charge is 0.414 e. The van der Waals surface area contributed by atoms with E-state index in [2.05, 4.69) is 66.5 Å². The lowest BCUT2D eigenvalue weighted by molar-refractivity contribution is -0.0537. The first-order valence-electron chi connectivity index (χ1n) is 14.5. The van der Waals surface area contributed by atoms with E-state index in [1.807, 2.05) is 27.7 Å². The Bertz CT molecular complexity index is 1080. The number of nitrogens with one attached hydrogen (secondary N) is 1. The minimum Gasteiger partial charge on any atom is -0.414 e. The molecule has 0 radical (unpaired) electrons. The predicted molar refractivity (Wildman–Crippen MR) is 164 cm³/mol. The number of aliphatic hydroxyl groups excluding tert-OH is 1. The van der Waals surface area contributed by atoms with Crippen molar-refractivity contribution in [1.29, 1.82) is 0 Å². The highest BCUT2D eigenvalue weighted by Gasteiger charge is 2.60. The van der Waals surface area contributed by atoms with Crippen LogP contribution in [-0.2, 0) is 17.7 Å². The Morgan fingerprint density at radius 1 is 0.950 bits per heavy atom. The fourth-order valence-corrected chi connectivity index (χ4v) is 16.3. The number of hydrogen-bond donors (Lipinski definition) is 3. The second-order valence-corrected chi connectivity index (χ2v) is 27.3. The predicted octanol–water partition coefficient (Wildman–Crippen LogP) is 4.74. The summed E-state index contributed by atoms with van der Waals surface area (Å²) >= 11 is 0. The van der Waals surface area contributed by atoms with Gasteiger partial charge in [0.25, 0.3) is 5.56 Å². The first-order valence-corrected chi connectivity index (χ1v) is 21.4. The van der Waals surface area contributed by atoms with E-state index in [0.29, 0.717) is 0 Å². The van der Waals surface area contributed by atoms with Crippen LogP contribution in [0.5, 0.6) is 0 Å². The van der Waals surface area contributed by atoms with Gasteiger partial charge in [-0.05, 0) is 40.3 Å². The van der Waals surface area contributed by atoms with Crippen molar-refractivity contribution >= 4 is 25.4 Å². The Hall–Kier alpha value is -0.909. The molecule has 0 bridgehead atoms. The lowest BCUT2D eigenvalue weighted by Crippen LogP contribution is -2.63. The molecule has 0 unspecified atom stereocenters. The number of ether oxygens (including phenoxy) is 1. The van der Waals surface area contributed by atoms with E-state index in [1.165, 1.54) is 16.8 Å². The van der Waals surface area contributed by atoms with Crippen molar-refractivity contribution in [3.63, 3.8) is 0 Å². The molecule has 1 aromatic heterocycles. The van der Waals surface area contributed by atoms with Gasteiger partial charge in [0.1, 0.15) is 18.3 Å². The Morgan fingerprint density at radius 2 is 1.48 bits per heavy atom. The number of aromatic amines is 1. The maximum Gasteiger partial charge on any atom is 0.335 e. The Kier molecular flexibility index (Phi) is 11.3. The SMILES string of the molecule is CC(C)[Si](O)(O[Si](O[C@H]1[C@@H](O[Si](C)(C)C(C)(C)C)[C@H](n2ccc(=O)[nH]c2=O)O[C@@H]1CO)(C(C)C)C(C)C)C(C)C. The maximum atomic E-state index is 12.9. The highest BCUT2D eigenvalue weighted by atomic mass is 28.5. The Labute approximate surface area is 243 Å². The molecule has 0 spiro atoms. The lowest BCUT2D eigenvalue weighted by atomic mass is 10.1. The van der Waals surface area contributed by atoms with Gasteiger partial charge in [-0.3, -0.25) is 14.3 Å². The zero-order valence-electron chi connectivity index (χ0n) is 26.8. The normalized spacial score (nSPS) is 23.3. The molecule has 1 saturated heterocycles. The van der Waals surface area contributed by atoms with Gasteiger partial charge in [0.05, 0.1) is 6.61 Å². The van der Waals surface area contributed by atoms with Crippen molar-refractivity contribution in [1.82, 2.24) is 9.55 Å². The molecule has 1 aliphatic heterocycles. The maximum absolute atomic E-state index is 12.9. The van der Waals surface area contributed by atoms with Gasteiger partial charge in [-0.1, -0.05) is 76.2 Å². The fourth-order valence-electron chi connectivity index (χ4n) is 5.06. The van der Waals surface area contributed by atoms with Crippen LogP contribution in [0.15, 0.2) is 21.9 Å². The van der Waals surface area contributed by atoms with E-state index in [0.717, 1.165) is 0 Å². The van der Waals surface area contributed by atoms with E-state index < -0.39 is 61.2 Å². The molecular weight excluding hydrogens is 565 g/mol. The van der Waals surface area contributed by atoms with Crippen LogP contribution in [0.25, 0.3) is 0 Å². The van der Waals surface area contributed by atoms with Crippen molar-refractivity contribution in [3.8, 4) is 0 Å². The van der Waals surface area contributed by atoms with Crippen molar-refractivity contribution < 1.29 is 27.6 Å². The first-order chi connectivity index (χ1) is 18.1. The van der Waals surface area contributed by atoms with E-state index >= 15 is 0 Å². The average molecular weight is 619 g/mol. The molecule has 0 aromatic carbocycles. The molecule has 40 heavy (non-hydrogen) atoms. The number of hydrogen-bond acceptors (Lipinski definition) is 8. The summed E-state index contributed by atoms with van der Waals surface area (Å²) in [5.74, 6) is 0. The van der Waals surface area contributed by atoms with Gasteiger partial charge < -0.3 is 27.6 Å². The zero-order valence-corrected chi connectivity index (χ0v) is 29.8. The van der Waals surface area contributed by atoms with Crippen LogP contribution in [0.1, 0.15) is 82.4 Å². The van der Waals surface area contributed by atoms with E-state index in [1.54, 1.807) is 0 Å². The average Bonchev–Trinajstić information content (AvgIpc) is 3.13. The molecule has 0 aliphatic carbocycles. The molecule has 232 valence electrons. The fraction of sp³-hybridized carbons (Fsp3) is 0.852. The molecule has 0 amide bonds. The molecule has 1 aliphatic rings. The number of nitrogens with zero attached hydrogens (tertiary/aromatic N) is 1. The molecule has 13 heteroatoms. The van der Waals surface area contributed by atoms with Crippen LogP contribution >= 0.6 is 0 Å². The summed E-state index contributed by atoms with van der Waals surface area (Å²) in [6.45, 7) is 26.4. The van der Waals surface area contributed by atoms with Crippen LogP contribution in [0.3, 0.4) is 0 Å². The number of aliphatic hydroxyl groups is 1. The minimum absolute atomic E-state index is 0.0493. The molecule has 1 aromatic rings. The van der Waals surface area contributed by atoms with Crippen LogP contribution in [0.2, 0.25) is 40.3 Å². The summed E-state index contributed by atoms with van der Waals surface area (Å²) < 4.78 is 28.6. The molecular formula is C27H54N2O8Si3. The van der Waals surface area contributed by atoms with Crippen molar-refractivity contribution in [2.24, 2.45) is 0 Å². The second-order valence-electron chi connectivity index (χ2n) is 13.9. The summed E-state index contributed by atoms with van der Waals surface area (Å²) in [6, 6.07) is 1.26. The van der Waals surface area contributed by atoms with Gasteiger partial charge in [0.15, 0.2) is 14.5 Å². The summed E-state index contributed by atoms with van der Waals surface area (Å²) in [6.07, 6.45) is -1.93. The van der Waals surface area contributed by atoms with Gasteiger partial charge in [0, 0.05) is 12.3 Å². The van der Waals surface area contributed by atoms with Gasteiger partial charge in [0.2, 0.25) is 0 Å². The Balaban J connectivity index is 2.75. The molecule has 10 nitrogen and oxygen atoms in total. The van der Waals surface area contributed by atoms with E-state index in [9.17, 15) is 19.5 Å². The van der Waals surface area contributed by atoms with Crippen LogP contribution in [0, 0.1) is 0 Å². The minimum atomic E-state index is -3.26. The van der Waals surface area contributed by atoms with Crippen LogP contribution < -0.4 is 11.2 Å². The summed E-state index contributed by atoms with van der Waals surface area (Å²) in [5, 5.41) is 10.3. The van der Waals surface area contributed by atoms with E-state index in [-0.39, 0.29) is 33.8 Å². The molecule has 4 atom stereocenters. The zero-order chi connectivity index (χ0) is 31.0. The molecule has 3 N–H and O–H groups in total. The first kappa shape index (κ1) is 35.3. The second kappa shape index (κ2) is 12.8.